The molecule has 9 nitrogen and oxygen atoms in total. The van der Waals surface area contributed by atoms with E-state index in [0.717, 1.165) is 38.2 Å². The maximum Gasteiger partial charge on any atom is 0.306 e. The second kappa shape index (κ2) is 12.6. The summed E-state index contributed by atoms with van der Waals surface area (Å²) in [6, 6.07) is 1.84. The molecule has 0 heterocycles. The van der Waals surface area contributed by atoms with Gasteiger partial charge in [0, 0.05) is 28.7 Å². The van der Waals surface area contributed by atoms with Crippen molar-refractivity contribution in [2.75, 3.05) is 6.61 Å². The Balaban J connectivity index is 1.85. The Kier molecular flexibility index (Phi) is 9.71. The van der Waals surface area contributed by atoms with Crippen LogP contribution in [0, 0.1) is 22.7 Å². The number of fused-ring (bicyclic) bond motifs is 3. The van der Waals surface area contributed by atoms with Gasteiger partial charge in [-0.2, -0.15) is 0 Å². The molecule has 9 heteroatoms. The van der Waals surface area contributed by atoms with Crippen molar-refractivity contribution in [3.63, 3.8) is 0 Å². The van der Waals surface area contributed by atoms with Crippen LogP contribution in [0.5, 0.6) is 5.75 Å². The number of phenolic OH excluding ortho intramolecular Hbond substituents is 1. The normalized spacial score (nSPS) is 27.6. The number of ketones is 3. The number of ether oxygens (including phenoxy) is 1. The Morgan fingerprint density at radius 3 is 2.26 bits per heavy atom. The minimum atomic E-state index is -2.66. The van der Waals surface area contributed by atoms with Crippen LogP contribution in [0.1, 0.15) is 122 Å². The standard InChI is InChI=1S/C37H50O9/c1-9-10-11-12-15-46-25(39)14-13-22-16-23(19(2)3)24-17-35(7)18-36(8)28(20(4)5)31(41)26(21(6)38)33(43)37(36,45)34(44)29(35)32(42)27(24)30(22)40/h16,19-20,28,40,42-43,45H,9-15,17-18H2,1-8H3/t28?,35-,36-,37+/m1/s1. The summed E-state index contributed by atoms with van der Waals surface area (Å²) in [5, 5.41) is 47.1. The van der Waals surface area contributed by atoms with Crippen LogP contribution < -0.4 is 0 Å². The van der Waals surface area contributed by atoms with E-state index < -0.39 is 68.7 Å². The molecule has 0 saturated heterocycles. The number of hydrogen-bond acceptors (Lipinski definition) is 9. The molecule has 0 aromatic heterocycles. The lowest BCUT2D eigenvalue weighted by atomic mass is 9.43. The third kappa shape index (κ3) is 5.38. The van der Waals surface area contributed by atoms with Crippen molar-refractivity contribution < 1.29 is 44.3 Å². The maximum absolute atomic E-state index is 14.6. The number of carbonyl (C=O) groups excluding carboxylic acids is 4. The number of phenols is 1. The van der Waals surface area contributed by atoms with Crippen LogP contribution in [-0.2, 0) is 36.8 Å². The number of Topliss-reactive ketones (excluding diaryl/α,β-unsaturated/α-hetero) is 3. The summed E-state index contributed by atoms with van der Waals surface area (Å²) in [6.07, 6.45) is 4.31. The fraction of sp³-hybridized carbons (Fsp3) is 0.622. The van der Waals surface area contributed by atoms with Crippen LogP contribution in [0.15, 0.2) is 23.0 Å². The molecule has 4 N–H and O–H groups in total. The number of benzene rings is 1. The molecular weight excluding hydrogens is 588 g/mol. The topological polar surface area (TPSA) is 158 Å². The Morgan fingerprint density at radius 1 is 1.04 bits per heavy atom. The Labute approximate surface area is 271 Å². The highest BCUT2D eigenvalue weighted by atomic mass is 16.5. The SMILES string of the molecule is CCCCCCOC(=O)CCc1cc(C(C)C)c2c(c1O)C(O)=C1C(=O)[C@@]3(O)C(O)=C(C(C)=O)C(=O)C(C(C)C)[C@@]3(C)C[C@@]1(C)C2. The smallest absolute Gasteiger partial charge is 0.306 e. The minimum Gasteiger partial charge on any atom is -0.508 e. The van der Waals surface area contributed by atoms with Crippen LogP contribution in [0.3, 0.4) is 0 Å². The third-order valence-electron chi connectivity index (χ3n) is 10.6. The second-order valence-corrected chi connectivity index (χ2v) is 14.7. The van der Waals surface area contributed by atoms with Crippen molar-refractivity contribution in [3.8, 4) is 5.75 Å². The molecule has 1 aromatic rings. The van der Waals surface area contributed by atoms with Gasteiger partial charge in [-0.05, 0) is 61.1 Å². The predicted molar refractivity (Wildman–Crippen MR) is 173 cm³/mol. The number of rotatable bonds is 11. The highest BCUT2D eigenvalue weighted by Crippen LogP contribution is 2.65. The van der Waals surface area contributed by atoms with Gasteiger partial charge in [0.15, 0.2) is 17.2 Å². The number of aliphatic hydroxyl groups excluding tert-OH is 2. The van der Waals surface area contributed by atoms with E-state index in [4.69, 9.17) is 4.74 Å². The average Bonchev–Trinajstić information content (AvgIpc) is 2.93. The van der Waals surface area contributed by atoms with E-state index in [9.17, 15) is 39.6 Å². The molecule has 0 aliphatic heterocycles. The first-order chi connectivity index (χ1) is 21.4. The van der Waals surface area contributed by atoms with E-state index in [2.05, 4.69) is 6.92 Å². The molecule has 1 saturated carbocycles. The van der Waals surface area contributed by atoms with Crippen LogP contribution in [-0.4, -0.2) is 56.0 Å². The average molecular weight is 639 g/mol. The van der Waals surface area contributed by atoms with Gasteiger partial charge in [-0.15, -0.1) is 0 Å². The van der Waals surface area contributed by atoms with Crippen molar-refractivity contribution in [1.29, 1.82) is 0 Å². The van der Waals surface area contributed by atoms with Crippen LogP contribution in [0.25, 0.3) is 5.76 Å². The number of unbranched alkanes of at least 4 members (excludes halogenated alkanes) is 3. The summed E-state index contributed by atoms with van der Waals surface area (Å²) in [7, 11) is 0. The number of allylic oxidation sites excluding steroid dienone is 1. The fourth-order valence-electron chi connectivity index (χ4n) is 8.60. The Hall–Kier alpha value is -3.46. The lowest BCUT2D eigenvalue weighted by molar-refractivity contribution is -0.178. The Bertz CT molecular complexity index is 1530. The number of aryl methyl sites for hydroxylation is 1. The third-order valence-corrected chi connectivity index (χ3v) is 10.6. The molecule has 0 amide bonds. The molecule has 0 spiro atoms. The van der Waals surface area contributed by atoms with E-state index >= 15 is 0 Å². The molecule has 1 aromatic carbocycles. The zero-order chi connectivity index (χ0) is 34.5. The summed E-state index contributed by atoms with van der Waals surface area (Å²) in [5.74, 6) is -5.94. The van der Waals surface area contributed by atoms with E-state index in [1.165, 1.54) is 0 Å². The molecule has 1 fully saturated rings. The maximum atomic E-state index is 14.6. The van der Waals surface area contributed by atoms with Gasteiger partial charge in [0.25, 0.3) is 0 Å². The van der Waals surface area contributed by atoms with Crippen molar-refractivity contribution >= 4 is 29.1 Å². The lowest BCUT2D eigenvalue weighted by Crippen LogP contribution is -2.69. The number of aliphatic hydroxyl groups is 3. The zero-order valence-electron chi connectivity index (χ0n) is 28.5. The summed E-state index contributed by atoms with van der Waals surface area (Å²) in [4.78, 5) is 53.4. The van der Waals surface area contributed by atoms with Gasteiger partial charge in [-0.25, -0.2) is 0 Å². The molecule has 3 aliphatic carbocycles. The molecule has 0 radical (unpaired) electrons. The highest BCUT2D eigenvalue weighted by Gasteiger charge is 2.72. The van der Waals surface area contributed by atoms with Gasteiger partial charge in [-0.3, -0.25) is 19.2 Å². The summed E-state index contributed by atoms with van der Waals surface area (Å²) in [6.45, 7) is 14.4. The monoisotopic (exact) mass is 638 g/mol. The first-order valence-corrected chi connectivity index (χ1v) is 16.6. The van der Waals surface area contributed by atoms with Crippen molar-refractivity contribution in [1.82, 2.24) is 0 Å². The van der Waals surface area contributed by atoms with Gasteiger partial charge in [0.05, 0.1) is 12.2 Å². The number of carbonyl (C=O) groups is 4. The molecule has 4 rings (SSSR count). The molecule has 0 bridgehead atoms. The number of hydrogen-bond donors (Lipinski definition) is 4. The number of esters is 1. The molecular formula is C37H50O9. The number of aromatic hydroxyl groups is 1. The molecule has 252 valence electrons. The second-order valence-electron chi connectivity index (χ2n) is 14.7. The summed E-state index contributed by atoms with van der Waals surface area (Å²) >= 11 is 0. The fourth-order valence-corrected chi connectivity index (χ4v) is 8.60. The minimum absolute atomic E-state index is 0.0147. The predicted octanol–water partition coefficient (Wildman–Crippen LogP) is 6.37. The van der Waals surface area contributed by atoms with E-state index in [-0.39, 0.29) is 48.5 Å². The first kappa shape index (κ1) is 35.4. The van der Waals surface area contributed by atoms with Gasteiger partial charge >= 0.3 is 5.97 Å². The summed E-state index contributed by atoms with van der Waals surface area (Å²) in [5.41, 5.74) is -4.07. The van der Waals surface area contributed by atoms with Gasteiger partial charge < -0.3 is 25.2 Å². The van der Waals surface area contributed by atoms with Crippen molar-refractivity contribution in [2.24, 2.45) is 22.7 Å². The Morgan fingerprint density at radius 2 is 1.70 bits per heavy atom. The quantitative estimate of drug-likeness (QED) is 0.123. The van der Waals surface area contributed by atoms with Gasteiger partial charge in [-0.1, -0.05) is 73.8 Å². The van der Waals surface area contributed by atoms with Crippen LogP contribution in [0.4, 0.5) is 0 Å². The highest BCUT2D eigenvalue weighted by molar-refractivity contribution is 6.24. The summed E-state index contributed by atoms with van der Waals surface area (Å²) < 4.78 is 5.37. The van der Waals surface area contributed by atoms with Gasteiger partial charge in [0.1, 0.15) is 22.8 Å². The molecule has 1 unspecified atom stereocenters. The largest absolute Gasteiger partial charge is 0.508 e. The molecule has 46 heavy (non-hydrogen) atoms. The van der Waals surface area contributed by atoms with Crippen LogP contribution in [0.2, 0.25) is 0 Å². The van der Waals surface area contributed by atoms with Crippen molar-refractivity contribution in [2.45, 2.75) is 118 Å². The first-order valence-electron chi connectivity index (χ1n) is 16.6. The zero-order valence-corrected chi connectivity index (χ0v) is 28.5. The lowest BCUT2D eigenvalue weighted by Gasteiger charge is -2.60. The van der Waals surface area contributed by atoms with Gasteiger partial charge in [0.2, 0.25) is 5.78 Å². The van der Waals surface area contributed by atoms with E-state index in [0.29, 0.717) is 17.7 Å². The van der Waals surface area contributed by atoms with E-state index in [1.54, 1.807) is 27.7 Å². The van der Waals surface area contributed by atoms with E-state index in [1.807, 2.05) is 19.9 Å². The van der Waals surface area contributed by atoms with Crippen molar-refractivity contribution in [3.05, 3.63) is 45.2 Å². The molecule has 3 aliphatic rings. The molecule has 4 atom stereocenters. The van der Waals surface area contributed by atoms with Crippen LogP contribution >= 0.6 is 0 Å².